The van der Waals surface area contributed by atoms with Gasteiger partial charge >= 0.3 is 0 Å². The van der Waals surface area contributed by atoms with Gasteiger partial charge in [0.25, 0.3) is 0 Å². The molecule has 2 N–H and O–H groups in total. The van der Waals surface area contributed by atoms with Gasteiger partial charge in [-0.2, -0.15) is 0 Å². The zero-order chi connectivity index (χ0) is 10.8. The lowest BCUT2D eigenvalue weighted by atomic mass is 10.1. The van der Waals surface area contributed by atoms with Gasteiger partial charge in [0.1, 0.15) is 5.75 Å². The molecular weight excluding hydrogens is 206 g/mol. The van der Waals surface area contributed by atoms with Gasteiger partial charge in [-0.3, -0.25) is 0 Å². The van der Waals surface area contributed by atoms with E-state index in [0.717, 1.165) is 27.4 Å². The van der Waals surface area contributed by atoms with Crippen molar-refractivity contribution in [2.24, 2.45) is 0 Å². The van der Waals surface area contributed by atoms with Crippen LogP contribution in [0.5, 0.6) is 5.75 Å². The quantitative estimate of drug-likeness (QED) is 0.841. The van der Waals surface area contributed by atoms with Gasteiger partial charge in [0, 0.05) is 0 Å². The standard InChI is InChI=1S/C12H13NOS/c1-8-7-15-12(11(8)13)9-3-5-10(14-2)6-4-9/h3-7H,13H2,1-2H3. The third kappa shape index (κ3) is 1.83. The normalized spacial score (nSPS) is 10.3. The maximum atomic E-state index is 5.98. The number of thiophene rings is 1. The van der Waals surface area contributed by atoms with E-state index in [1.165, 1.54) is 0 Å². The number of aryl methyl sites for hydroxylation is 1. The number of benzene rings is 1. The minimum Gasteiger partial charge on any atom is -0.497 e. The average molecular weight is 219 g/mol. The highest BCUT2D eigenvalue weighted by atomic mass is 32.1. The Hall–Kier alpha value is -1.48. The van der Waals surface area contributed by atoms with Crippen LogP contribution in [0.2, 0.25) is 0 Å². The number of nitrogen functional groups attached to an aromatic ring is 1. The number of hydrogen-bond acceptors (Lipinski definition) is 3. The maximum absolute atomic E-state index is 5.98. The van der Waals surface area contributed by atoms with Gasteiger partial charge in [-0.05, 0) is 47.7 Å². The van der Waals surface area contributed by atoms with Crippen LogP contribution in [0, 0.1) is 6.92 Å². The predicted molar refractivity (Wildman–Crippen MR) is 65.5 cm³/mol. The average Bonchev–Trinajstić information content (AvgIpc) is 2.60. The maximum Gasteiger partial charge on any atom is 0.118 e. The fourth-order valence-corrected chi connectivity index (χ4v) is 2.40. The van der Waals surface area contributed by atoms with Crippen LogP contribution in [0.15, 0.2) is 29.6 Å². The molecule has 0 atom stereocenters. The molecule has 3 heteroatoms. The van der Waals surface area contributed by atoms with Gasteiger partial charge in [0.2, 0.25) is 0 Å². The number of hydrogen-bond donors (Lipinski definition) is 1. The Morgan fingerprint density at radius 2 is 1.87 bits per heavy atom. The molecule has 0 fully saturated rings. The topological polar surface area (TPSA) is 35.2 Å². The Bertz CT molecular complexity index is 459. The van der Waals surface area contributed by atoms with Crippen LogP contribution in [-0.4, -0.2) is 7.11 Å². The smallest absolute Gasteiger partial charge is 0.118 e. The highest BCUT2D eigenvalue weighted by Crippen LogP contribution is 2.35. The summed E-state index contributed by atoms with van der Waals surface area (Å²) >= 11 is 1.68. The van der Waals surface area contributed by atoms with Gasteiger partial charge in [-0.1, -0.05) is 0 Å². The Kier molecular flexibility index (Phi) is 2.64. The van der Waals surface area contributed by atoms with Gasteiger partial charge in [-0.15, -0.1) is 11.3 Å². The van der Waals surface area contributed by atoms with Crippen LogP contribution in [-0.2, 0) is 0 Å². The summed E-state index contributed by atoms with van der Waals surface area (Å²) in [4.78, 5) is 1.13. The summed E-state index contributed by atoms with van der Waals surface area (Å²) in [5.41, 5.74) is 9.15. The van der Waals surface area contributed by atoms with Crippen molar-refractivity contribution in [1.82, 2.24) is 0 Å². The highest BCUT2D eigenvalue weighted by Gasteiger charge is 2.07. The summed E-state index contributed by atoms with van der Waals surface area (Å²) in [5, 5.41) is 2.08. The van der Waals surface area contributed by atoms with Crippen LogP contribution in [0.3, 0.4) is 0 Å². The molecule has 0 aliphatic heterocycles. The third-order valence-electron chi connectivity index (χ3n) is 2.38. The molecule has 0 saturated heterocycles. The van der Waals surface area contributed by atoms with Crippen molar-refractivity contribution in [3.8, 4) is 16.2 Å². The molecule has 78 valence electrons. The molecule has 15 heavy (non-hydrogen) atoms. The van der Waals surface area contributed by atoms with Crippen LogP contribution >= 0.6 is 11.3 Å². The van der Waals surface area contributed by atoms with Crippen molar-refractivity contribution in [3.63, 3.8) is 0 Å². The zero-order valence-corrected chi connectivity index (χ0v) is 9.60. The molecule has 1 heterocycles. The van der Waals surface area contributed by atoms with Crippen molar-refractivity contribution in [2.75, 3.05) is 12.8 Å². The summed E-state index contributed by atoms with van der Waals surface area (Å²) in [6, 6.07) is 7.95. The monoisotopic (exact) mass is 219 g/mol. The second-order valence-corrected chi connectivity index (χ2v) is 4.27. The molecule has 0 aliphatic carbocycles. The van der Waals surface area contributed by atoms with Gasteiger partial charge in [0.15, 0.2) is 0 Å². The van der Waals surface area contributed by atoms with E-state index >= 15 is 0 Å². The van der Waals surface area contributed by atoms with E-state index in [9.17, 15) is 0 Å². The van der Waals surface area contributed by atoms with Crippen LogP contribution in [0.4, 0.5) is 5.69 Å². The van der Waals surface area contributed by atoms with Gasteiger partial charge in [0.05, 0.1) is 17.7 Å². The van der Waals surface area contributed by atoms with E-state index in [1.54, 1.807) is 18.4 Å². The molecular formula is C12H13NOS. The fraction of sp³-hybridized carbons (Fsp3) is 0.167. The molecule has 2 rings (SSSR count). The van der Waals surface area contributed by atoms with E-state index in [1.807, 2.05) is 31.2 Å². The SMILES string of the molecule is COc1ccc(-c2scc(C)c2N)cc1. The van der Waals surface area contributed by atoms with Crippen LogP contribution in [0.1, 0.15) is 5.56 Å². The fourth-order valence-electron chi connectivity index (χ4n) is 1.42. The summed E-state index contributed by atoms with van der Waals surface area (Å²) in [5.74, 6) is 0.866. The molecule has 1 aromatic carbocycles. The Balaban J connectivity index is 2.41. The van der Waals surface area contributed by atoms with Crippen LogP contribution < -0.4 is 10.5 Å². The number of nitrogens with two attached hydrogens (primary N) is 1. The Morgan fingerprint density at radius 3 is 2.33 bits per heavy atom. The van der Waals surface area contributed by atoms with Crippen molar-refractivity contribution in [1.29, 1.82) is 0 Å². The number of rotatable bonds is 2. The largest absolute Gasteiger partial charge is 0.497 e. The first-order chi connectivity index (χ1) is 7.22. The van der Waals surface area contributed by atoms with E-state index in [-0.39, 0.29) is 0 Å². The minimum absolute atomic E-state index is 0.866. The molecule has 0 spiro atoms. The molecule has 0 aliphatic rings. The molecule has 0 bridgehead atoms. The van der Waals surface area contributed by atoms with E-state index in [4.69, 9.17) is 10.5 Å². The lowest BCUT2D eigenvalue weighted by molar-refractivity contribution is 0.415. The summed E-state index contributed by atoms with van der Waals surface area (Å²) in [6.45, 7) is 2.03. The summed E-state index contributed by atoms with van der Waals surface area (Å²) in [7, 11) is 1.67. The molecule has 0 saturated carbocycles. The highest BCUT2D eigenvalue weighted by molar-refractivity contribution is 7.14. The van der Waals surface area contributed by atoms with Crippen molar-refractivity contribution in [2.45, 2.75) is 6.92 Å². The van der Waals surface area contributed by atoms with Crippen molar-refractivity contribution >= 4 is 17.0 Å². The van der Waals surface area contributed by atoms with E-state index in [2.05, 4.69) is 5.38 Å². The first kappa shape index (κ1) is 10.1. The first-order valence-electron chi connectivity index (χ1n) is 4.70. The Labute approximate surface area is 93.3 Å². The summed E-state index contributed by atoms with van der Waals surface area (Å²) in [6.07, 6.45) is 0. The minimum atomic E-state index is 0.866. The molecule has 2 nitrogen and oxygen atoms in total. The number of ether oxygens (including phenoxy) is 1. The molecule has 2 aromatic rings. The lowest BCUT2D eigenvalue weighted by Crippen LogP contribution is -1.87. The lowest BCUT2D eigenvalue weighted by Gasteiger charge is -2.02. The second kappa shape index (κ2) is 3.95. The van der Waals surface area contributed by atoms with Crippen molar-refractivity contribution < 1.29 is 4.74 Å². The number of anilines is 1. The molecule has 0 unspecified atom stereocenters. The zero-order valence-electron chi connectivity index (χ0n) is 8.78. The number of methoxy groups -OCH3 is 1. The van der Waals surface area contributed by atoms with Gasteiger partial charge in [-0.25, -0.2) is 0 Å². The van der Waals surface area contributed by atoms with E-state index < -0.39 is 0 Å². The van der Waals surface area contributed by atoms with Crippen molar-refractivity contribution in [3.05, 3.63) is 35.2 Å². The predicted octanol–water partition coefficient (Wildman–Crippen LogP) is 3.31. The molecule has 0 amide bonds. The third-order valence-corrected chi connectivity index (χ3v) is 3.54. The summed E-state index contributed by atoms with van der Waals surface area (Å²) < 4.78 is 5.11. The van der Waals surface area contributed by atoms with E-state index in [0.29, 0.717) is 0 Å². The van der Waals surface area contributed by atoms with Gasteiger partial charge < -0.3 is 10.5 Å². The Morgan fingerprint density at radius 1 is 1.20 bits per heavy atom. The molecule has 1 aromatic heterocycles. The first-order valence-corrected chi connectivity index (χ1v) is 5.58. The second-order valence-electron chi connectivity index (χ2n) is 3.39. The molecule has 0 radical (unpaired) electrons. The van der Waals surface area contributed by atoms with Crippen LogP contribution in [0.25, 0.3) is 10.4 Å².